The molecule has 194 valence electrons. The summed E-state index contributed by atoms with van der Waals surface area (Å²) in [4.78, 5) is 11.9. The highest BCUT2D eigenvalue weighted by Crippen LogP contribution is 2.31. The predicted molar refractivity (Wildman–Crippen MR) is 141 cm³/mol. The zero-order valence-electron chi connectivity index (χ0n) is 20.8. The normalized spacial score (nSPS) is 14.9. The second kappa shape index (κ2) is 10.3. The molecule has 1 aliphatic rings. The molecule has 0 aliphatic carbocycles. The van der Waals surface area contributed by atoms with Crippen LogP contribution in [-0.4, -0.2) is 72.9 Å². The van der Waals surface area contributed by atoms with Gasteiger partial charge in [0.05, 0.1) is 28.8 Å². The maximum Gasteiger partial charge on any atom is 0.243 e. The van der Waals surface area contributed by atoms with Gasteiger partial charge >= 0.3 is 0 Å². The lowest BCUT2D eigenvalue weighted by Gasteiger charge is -2.35. The van der Waals surface area contributed by atoms with Gasteiger partial charge in [0.25, 0.3) is 0 Å². The van der Waals surface area contributed by atoms with Gasteiger partial charge in [-0.15, -0.1) is 0 Å². The standard InChI is InChI=1S/C25H27ClN6O4S/c1-17-23-24(27-22(16-35-2)28-25(23)32(29-17)19-6-4-5-18(26)15-19)30-11-13-31(14-12-30)37(33,34)21-9-7-20(36-3)8-10-21/h4-10,15H,11-14,16H2,1-3H3. The highest BCUT2D eigenvalue weighted by atomic mass is 35.5. The number of nitrogens with zero attached hydrogens (tertiary/aromatic N) is 6. The Kier molecular flexibility index (Phi) is 7.04. The molecule has 1 fully saturated rings. The van der Waals surface area contributed by atoms with Gasteiger partial charge in [-0.3, -0.25) is 0 Å². The first-order chi connectivity index (χ1) is 17.8. The predicted octanol–water partition coefficient (Wildman–Crippen LogP) is 3.44. The first kappa shape index (κ1) is 25.4. The van der Waals surface area contributed by atoms with Gasteiger partial charge in [0.2, 0.25) is 10.0 Å². The van der Waals surface area contributed by atoms with E-state index < -0.39 is 10.0 Å². The monoisotopic (exact) mass is 542 g/mol. The first-order valence-corrected chi connectivity index (χ1v) is 13.5. The molecule has 0 radical (unpaired) electrons. The van der Waals surface area contributed by atoms with E-state index in [1.54, 1.807) is 49.2 Å². The molecule has 0 amide bonds. The van der Waals surface area contributed by atoms with E-state index in [-0.39, 0.29) is 11.5 Å². The van der Waals surface area contributed by atoms with Crippen LogP contribution in [0.3, 0.4) is 0 Å². The van der Waals surface area contributed by atoms with Crippen molar-refractivity contribution >= 4 is 38.5 Å². The van der Waals surface area contributed by atoms with Crippen molar-refractivity contribution in [2.75, 3.05) is 45.3 Å². The fraction of sp³-hybridized carbons (Fsp3) is 0.320. The average molecular weight is 543 g/mol. The second-order valence-electron chi connectivity index (χ2n) is 8.64. The fourth-order valence-electron chi connectivity index (χ4n) is 4.45. The molecule has 4 aromatic rings. The highest BCUT2D eigenvalue weighted by Gasteiger charge is 2.31. The average Bonchev–Trinajstić information content (AvgIpc) is 3.25. The number of ether oxygens (including phenoxy) is 2. The van der Waals surface area contributed by atoms with Gasteiger partial charge in [-0.25, -0.2) is 23.1 Å². The summed E-state index contributed by atoms with van der Waals surface area (Å²) in [6.07, 6.45) is 0. The van der Waals surface area contributed by atoms with Crippen LogP contribution in [0.2, 0.25) is 5.02 Å². The van der Waals surface area contributed by atoms with Crippen molar-refractivity contribution in [1.29, 1.82) is 0 Å². The quantitative estimate of drug-likeness (QED) is 0.350. The molecule has 2 aromatic carbocycles. The second-order valence-corrected chi connectivity index (χ2v) is 11.0. The summed E-state index contributed by atoms with van der Waals surface area (Å²) in [6, 6.07) is 13.8. The summed E-state index contributed by atoms with van der Waals surface area (Å²) in [7, 11) is -0.487. The number of fused-ring (bicyclic) bond motifs is 1. The Morgan fingerprint density at radius 1 is 1.00 bits per heavy atom. The van der Waals surface area contributed by atoms with Gasteiger partial charge in [-0.05, 0) is 49.4 Å². The van der Waals surface area contributed by atoms with Gasteiger partial charge in [-0.2, -0.15) is 9.40 Å². The molecule has 2 aromatic heterocycles. The Balaban J connectivity index is 1.47. The van der Waals surface area contributed by atoms with E-state index >= 15 is 0 Å². The molecule has 3 heterocycles. The molecule has 37 heavy (non-hydrogen) atoms. The van der Waals surface area contributed by atoms with Gasteiger partial charge in [0.1, 0.15) is 18.2 Å². The van der Waals surface area contributed by atoms with Crippen molar-refractivity contribution in [1.82, 2.24) is 24.1 Å². The Hall–Kier alpha value is -3.25. The number of piperazine rings is 1. The van der Waals surface area contributed by atoms with Gasteiger partial charge < -0.3 is 14.4 Å². The molecule has 0 bridgehead atoms. The van der Waals surface area contributed by atoms with Crippen LogP contribution in [0.1, 0.15) is 11.5 Å². The van der Waals surface area contributed by atoms with Gasteiger partial charge in [0, 0.05) is 38.3 Å². The van der Waals surface area contributed by atoms with Crippen molar-refractivity contribution in [3.8, 4) is 11.4 Å². The highest BCUT2D eigenvalue weighted by molar-refractivity contribution is 7.89. The Morgan fingerprint density at radius 2 is 1.73 bits per heavy atom. The number of anilines is 1. The van der Waals surface area contributed by atoms with Gasteiger partial charge in [-0.1, -0.05) is 17.7 Å². The number of hydrogen-bond acceptors (Lipinski definition) is 8. The molecule has 1 aliphatic heterocycles. The topological polar surface area (TPSA) is 103 Å². The van der Waals surface area contributed by atoms with E-state index in [2.05, 4.69) is 4.90 Å². The third-order valence-electron chi connectivity index (χ3n) is 6.29. The number of aromatic nitrogens is 4. The Labute approximate surface area is 220 Å². The Bertz CT molecular complexity index is 1530. The number of benzene rings is 2. The smallest absolute Gasteiger partial charge is 0.243 e. The van der Waals surface area contributed by atoms with Crippen molar-refractivity contribution in [2.45, 2.75) is 18.4 Å². The van der Waals surface area contributed by atoms with Crippen LogP contribution in [0.4, 0.5) is 5.82 Å². The van der Waals surface area contributed by atoms with Gasteiger partial charge in [0.15, 0.2) is 11.5 Å². The van der Waals surface area contributed by atoms with E-state index in [0.717, 1.165) is 16.8 Å². The molecule has 5 rings (SSSR count). The maximum atomic E-state index is 13.2. The Morgan fingerprint density at radius 3 is 2.38 bits per heavy atom. The molecule has 0 atom stereocenters. The van der Waals surface area contributed by atoms with E-state index in [9.17, 15) is 8.42 Å². The summed E-state index contributed by atoms with van der Waals surface area (Å²) >= 11 is 6.23. The van der Waals surface area contributed by atoms with Crippen molar-refractivity contribution < 1.29 is 17.9 Å². The van der Waals surface area contributed by atoms with Crippen LogP contribution in [0.5, 0.6) is 5.75 Å². The van der Waals surface area contributed by atoms with Crippen molar-refractivity contribution in [3.05, 3.63) is 65.1 Å². The molecular formula is C25H27ClN6O4S. The van der Waals surface area contributed by atoms with Crippen LogP contribution in [0.15, 0.2) is 53.4 Å². The van der Waals surface area contributed by atoms with Crippen LogP contribution in [0, 0.1) is 6.92 Å². The lowest BCUT2D eigenvalue weighted by atomic mass is 10.2. The van der Waals surface area contributed by atoms with Crippen molar-refractivity contribution in [3.63, 3.8) is 0 Å². The number of aryl methyl sites for hydroxylation is 1. The molecule has 0 spiro atoms. The number of sulfonamides is 1. The van der Waals surface area contributed by atoms with Crippen LogP contribution >= 0.6 is 11.6 Å². The number of rotatable bonds is 7. The maximum absolute atomic E-state index is 13.2. The van der Waals surface area contributed by atoms with E-state index in [0.29, 0.717) is 54.2 Å². The van der Waals surface area contributed by atoms with Crippen LogP contribution < -0.4 is 9.64 Å². The number of hydrogen-bond donors (Lipinski definition) is 0. The molecule has 10 nitrogen and oxygen atoms in total. The third-order valence-corrected chi connectivity index (χ3v) is 8.44. The summed E-state index contributed by atoms with van der Waals surface area (Å²) in [5.41, 5.74) is 2.20. The van der Waals surface area contributed by atoms with E-state index in [4.69, 9.17) is 36.1 Å². The van der Waals surface area contributed by atoms with Crippen molar-refractivity contribution in [2.24, 2.45) is 0 Å². The molecular weight excluding hydrogens is 516 g/mol. The minimum Gasteiger partial charge on any atom is -0.497 e. The molecule has 0 N–H and O–H groups in total. The SMILES string of the molecule is COCc1nc(N2CCN(S(=O)(=O)c3ccc(OC)cc3)CC2)c2c(C)nn(-c3cccc(Cl)c3)c2n1. The summed E-state index contributed by atoms with van der Waals surface area (Å²) in [5, 5.41) is 6.15. The lowest BCUT2D eigenvalue weighted by Crippen LogP contribution is -2.49. The molecule has 12 heteroatoms. The summed E-state index contributed by atoms with van der Waals surface area (Å²) < 4.78 is 40.2. The van der Waals surface area contributed by atoms with E-state index in [1.807, 2.05) is 25.1 Å². The van der Waals surface area contributed by atoms with Crippen LogP contribution in [-0.2, 0) is 21.4 Å². The molecule has 1 saturated heterocycles. The summed E-state index contributed by atoms with van der Waals surface area (Å²) in [5.74, 6) is 1.84. The number of methoxy groups -OCH3 is 2. The fourth-order valence-corrected chi connectivity index (χ4v) is 6.06. The number of halogens is 1. The summed E-state index contributed by atoms with van der Waals surface area (Å²) in [6.45, 7) is 3.72. The van der Waals surface area contributed by atoms with Crippen LogP contribution in [0.25, 0.3) is 16.7 Å². The van der Waals surface area contributed by atoms with E-state index in [1.165, 1.54) is 4.31 Å². The zero-order chi connectivity index (χ0) is 26.2. The first-order valence-electron chi connectivity index (χ1n) is 11.7. The minimum absolute atomic E-state index is 0.231. The minimum atomic E-state index is -3.63. The molecule has 0 unspecified atom stereocenters. The third kappa shape index (κ3) is 4.87. The largest absolute Gasteiger partial charge is 0.497 e. The molecule has 0 saturated carbocycles. The zero-order valence-corrected chi connectivity index (χ0v) is 22.3. The lowest BCUT2D eigenvalue weighted by molar-refractivity contribution is 0.178.